The lowest BCUT2D eigenvalue weighted by Crippen LogP contribution is -2.45. The summed E-state index contributed by atoms with van der Waals surface area (Å²) in [6.45, 7) is 2.84. The average molecular weight is 436 g/mol. The van der Waals surface area contributed by atoms with Gasteiger partial charge in [0.05, 0.1) is 18.1 Å². The molecule has 1 amide bonds. The maximum atomic E-state index is 13.3. The van der Waals surface area contributed by atoms with Gasteiger partial charge in [-0.1, -0.05) is 12.1 Å². The number of hydrogen-bond donors (Lipinski definition) is 0. The molecule has 0 spiro atoms. The molecule has 2 unspecified atom stereocenters. The van der Waals surface area contributed by atoms with E-state index >= 15 is 0 Å². The molecule has 1 saturated heterocycles. The van der Waals surface area contributed by atoms with Crippen LogP contribution in [0.25, 0.3) is 11.4 Å². The molecular formula is C21H23F3N4O3. The molecule has 0 aliphatic carbocycles. The Labute approximate surface area is 177 Å². The number of fused-ring (bicyclic) bond motifs is 1. The second kappa shape index (κ2) is 8.32. The third kappa shape index (κ3) is 4.15. The zero-order valence-corrected chi connectivity index (χ0v) is 17.1. The van der Waals surface area contributed by atoms with Crippen molar-refractivity contribution < 1.29 is 27.5 Å². The fourth-order valence-electron chi connectivity index (χ4n) is 4.32. The second-order valence-corrected chi connectivity index (χ2v) is 7.82. The number of aromatic nitrogens is 3. The molecule has 4 rings (SSSR count). The van der Waals surface area contributed by atoms with Crippen molar-refractivity contribution in [1.29, 1.82) is 0 Å². The number of rotatable bonds is 4. The number of hydrogen-bond acceptors (Lipinski definition) is 5. The molecule has 0 N–H and O–H groups in total. The maximum Gasteiger partial charge on any atom is 0.416 e. The van der Waals surface area contributed by atoms with Gasteiger partial charge >= 0.3 is 12.1 Å². The number of ether oxygens (including phenoxy) is 1. The Hall–Kier alpha value is -2.91. The predicted octanol–water partition coefficient (Wildman–Crippen LogP) is 3.25. The molecule has 1 fully saturated rings. The minimum atomic E-state index is -4.48. The summed E-state index contributed by atoms with van der Waals surface area (Å²) in [5.74, 6) is -0.00942. The van der Waals surface area contributed by atoms with Crippen molar-refractivity contribution >= 4 is 11.9 Å². The Morgan fingerprint density at radius 2 is 2.03 bits per heavy atom. The minimum Gasteiger partial charge on any atom is -0.466 e. The molecule has 2 aliphatic rings. The first kappa shape index (κ1) is 21.3. The monoisotopic (exact) mass is 436 g/mol. The summed E-state index contributed by atoms with van der Waals surface area (Å²) >= 11 is 0. The molecule has 31 heavy (non-hydrogen) atoms. The van der Waals surface area contributed by atoms with E-state index < -0.39 is 17.8 Å². The third-order valence-electron chi connectivity index (χ3n) is 5.81. The smallest absolute Gasteiger partial charge is 0.416 e. The number of amides is 1. The SMILES string of the molecule is CCOC(=O)C1CCCN(C(=O)C2CCc3nnc(-c4cccc(C(F)(F)F)c4)n32)C1. The summed E-state index contributed by atoms with van der Waals surface area (Å²) in [7, 11) is 0. The first-order valence-electron chi connectivity index (χ1n) is 10.4. The van der Waals surface area contributed by atoms with Crippen molar-refractivity contribution in [2.24, 2.45) is 5.92 Å². The second-order valence-electron chi connectivity index (χ2n) is 7.82. The molecule has 3 heterocycles. The molecule has 166 valence electrons. The normalized spacial score (nSPS) is 21.1. The van der Waals surface area contributed by atoms with E-state index in [9.17, 15) is 22.8 Å². The van der Waals surface area contributed by atoms with Crippen LogP contribution >= 0.6 is 0 Å². The van der Waals surface area contributed by atoms with Gasteiger partial charge in [-0.15, -0.1) is 10.2 Å². The Morgan fingerprint density at radius 1 is 1.23 bits per heavy atom. The van der Waals surface area contributed by atoms with Crippen LogP contribution in [0.5, 0.6) is 0 Å². The van der Waals surface area contributed by atoms with Gasteiger partial charge in [-0.3, -0.25) is 14.2 Å². The topological polar surface area (TPSA) is 77.3 Å². The molecule has 2 aromatic rings. The van der Waals surface area contributed by atoms with Crippen molar-refractivity contribution in [2.75, 3.05) is 19.7 Å². The van der Waals surface area contributed by atoms with E-state index in [1.165, 1.54) is 12.1 Å². The van der Waals surface area contributed by atoms with Crippen molar-refractivity contribution in [3.05, 3.63) is 35.7 Å². The summed E-state index contributed by atoms with van der Waals surface area (Å²) in [5.41, 5.74) is -0.521. The van der Waals surface area contributed by atoms with Crippen LogP contribution in [0.4, 0.5) is 13.2 Å². The lowest BCUT2D eigenvalue weighted by atomic mass is 9.97. The average Bonchev–Trinajstić information content (AvgIpc) is 3.35. The molecular weight excluding hydrogens is 413 g/mol. The number of benzene rings is 1. The summed E-state index contributed by atoms with van der Waals surface area (Å²) in [6, 6.07) is 4.27. The van der Waals surface area contributed by atoms with Gasteiger partial charge < -0.3 is 9.64 Å². The molecule has 0 radical (unpaired) electrons. The highest BCUT2D eigenvalue weighted by atomic mass is 19.4. The van der Waals surface area contributed by atoms with Crippen molar-refractivity contribution in [3.8, 4) is 11.4 Å². The first-order chi connectivity index (χ1) is 14.8. The van der Waals surface area contributed by atoms with E-state index in [1.54, 1.807) is 16.4 Å². The van der Waals surface area contributed by atoms with E-state index in [4.69, 9.17) is 4.74 Å². The number of nitrogens with zero attached hydrogens (tertiary/aromatic N) is 4. The Morgan fingerprint density at radius 3 is 2.77 bits per heavy atom. The van der Waals surface area contributed by atoms with E-state index in [0.29, 0.717) is 38.1 Å². The quantitative estimate of drug-likeness (QED) is 0.688. The van der Waals surface area contributed by atoms with E-state index in [-0.39, 0.29) is 42.3 Å². The molecule has 0 bridgehead atoms. The molecule has 2 aliphatic heterocycles. The standard InChI is InChI=1S/C21H23F3N4O3/c1-2-31-20(30)14-6-4-10-27(12-14)19(29)16-8-9-17-25-26-18(28(16)17)13-5-3-7-15(11-13)21(22,23)24/h3,5,7,11,14,16H,2,4,6,8-10,12H2,1H3. The van der Waals surface area contributed by atoms with Crippen LogP contribution < -0.4 is 0 Å². The Balaban J connectivity index is 1.59. The van der Waals surface area contributed by atoms with Gasteiger partial charge in [-0.25, -0.2) is 0 Å². The van der Waals surface area contributed by atoms with Crippen LogP contribution in [0.1, 0.15) is 43.6 Å². The highest BCUT2D eigenvalue weighted by molar-refractivity contribution is 5.83. The summed E-state index contributed by atoms with van der Waals surface area (Å²) in [4.78, 5) is 27.1. The maximum absolute atomic E-state index is 13.3. The van der Waals surface area contributed by atoms with Crippen LogP contribution in [-0.4, -0.2) is 51.2 Å². The van der Waals surface area contributed by atoms with Gasteiger partial charge in [-0.05, 0) is 38.3 Å². The summed E-state index contributed by atoms with van der Waals surface area (Å²) in [5, 5.41) is 8.17. The van der Waals surface area contributed by atoms with Gasteiger partial charge in [0.2, 0.25) is 5.91 Å². The largest absolute Gasteiger partial charge is 0.466 e. The highest BCUT2D eigenvalue weighted by Crippen LogP contribution is 2.36. The van der Waals surface area contributed by atoms with E-state index in [0.717, 1.165) is 12.1 Å². The third-order valence-corrected chi connectivity index (χ3v) is 5.81. The number of esters is 1. The van der Waals surface area contributed by atoms with Crippen LogP contribution in [0.3, 0.4) is 0 Å². The lowest BCUT2D eigenvalue weighted by Gasteiger charge is -2.33. The van der Waals surface area contributed by atoms with Gasteiger partial charge in [0.1, 0.15) is 11.9 Å². The highest BCUT2D eigenvalue weighted by Gasteiger charge is 2.38. The Bertz CT molecular complexity index is 988. The number of carbonyl (C=O) groups is 2. The zero-order valence-electron chi connectivity index (χ0n) is 17.1. The number of carbonyl (C=O) groups excluding carboxylic acids is 2. The van der Waals surface area contributed by atoms with E-state index in [1.807, 2.05) is 0 Å². The number of alkyl halides is 3. The minimum absolute atomic E-state index is 0.166. The number of halogens is 3. The van der Waals surface area contributed by atoms with E-state index in [2.05, 4.69) is 10.2 Å². The van der Waals surface area contributed by atoms with Crippen molar-refractivity contribution in [2.45, 2.75) is 44.8 Å². The summed E-state index contributed by atoms with van der Waals surface area (Å²) < 4.78 is 46.2. The fraction of sp³-hybridized carbons (Fsp3) is 0.524. The molecule has 2 atom stereocenters. The van der Waals surface area contributed by atoms with Crippen LogP contribution in [0.2, 0.25) is 0 Å². The van der Waals surface area contributed by atoms with Gasteiger partial charge in [0, 0.05) is 25.1 Å². The van der Waals surface area contributed by atoms with Crippen LogP contribution in [0, 0.1) is 5.92 Å². The van der Waals surface area contributed by atoms with Crippen molar-refractivity contribution in [3.63, 3.8) is 0 Å². The van der Waals surface area contributed by atoms with Gasteiger partial charge in [0.25, 0.3) is 0 Å². The number of piperidine rings is 1. The Kier molecular flexibility index (Phi) is 5.72. The summed E-state index contributed by atoms with van der Waals surface area (Å²) in [6.07, 6.45) is -2.11. The molecule has 0 saturated carbocycles. The molecule has 1 aromatic carbocycles. The number of likely N-dealkylation sites (tertiary alicyclic amines) is 1. The number of aryl methyl sites for hydroxylation is 1. The van der Waals surface area contributed by atoms with Crippen LogP contribution in [-0.2, 0) is 26.9 Å². The first-order valence-corrected chi connectivity index (χ1v) is 10.4. The van der Waals surface area contributed by atoms with Gasteiger partial charge in [-0.2, -0.15) is 13.2 Å². The van der Waals surface area contributed by atoms with Crippen molar-refractivity contribution in [1.82, 2.24) is 19.7 Å². The van der Waals surface area contributed by atoms with Gasteiger partial charge in [0.15, 0.2) is 5.82 Å². The fourth-order valence-corrected chi connectivity index (χ4v) is 4.32. The lowest BCUT2D eigenvalue weighted by molar-refractivity contribution is -0.151. The molecule has 1 aromatic heterocycles. The zero-order chi connectivity index (χ0) is 22.2. The van der Waals surface area contributed by atoms with Crippen LogP contribution in [0.15, 0.2) is 24.3 Å². The molecule has 7 nitrogen and oxygen atoms in total. The molecule has 10 heteroatoms. The predicted molar refractivity (Wildman–Crippen MR) is 104 cm³/mol.